The lowest BCUT2D eigenvalue weighted by Gasteiger charge is -2.05. The second-order valence-corrected chi connectivity index (χ2v) is 6.54. The Hall–Kier alpha value is -1.43. The summed E-state index contributed by atoms with van der Waals surface area (Å²) in [6.07, 6.45) is 0.786. The zero-order valence-electron chi connectivity index (χ0n) is 9.84. The molecule has 0 radical (unpaired) electrons. The summed E-state index contributed by atoms with van der Waals surface area (Å²) in [5.41, 5.74) is 0. The van der Waals surface area contributed by atoms with Gasteiger partial charge in [0.25, 0.3) is 15.2 Å². The quantitative estimate of drug-likeness (QED) is 0.261. The van der Waals surface area contributed by atoms with Gasteiger partial charge in [0.2, 0.25) is 6.21 Å². The molecule has 0 spiro atoms. The number of hydrogen-bond acceptors (Lipinski definition) is 6. The summed E-state index contributed by atoms with van der Waals surface area (Å²) >= 11 is 0. The van der Waals surface area contributed by atoms with Crippen molar-refractivity contribution in [3.63, 3.8) is 0 Å². The van der Waals surface area contributed by atoms with E-state index in [2.05, 4.69) is 4.42 Å². The first-order valence-electron chi connectivity index (χ1n) is 4.82. The second kappa shape index (κ2) is 4.92. The maximum Gasteiger partial charge on any atom is 0.329 e. The van der Waals surface area contributed by atoms with Crippen LogP contribution in [0, 0.1) is 5.21 Å². The SMILES string of the molecule is CC(C)[N+]([O-])=Cc1cc(S(=O)(=O)O)c(S(=O)(=O)O)o1. The van der Waals surface area contributed by atoms with Crippen LogP contribution in [-0.2, 0) is 20.2 Å². The van der Waals surface area contributed by atoms with Crippen LogP contribution in [0.3, 0.4) is 0 Å². The summed E-state index contributed by atoms with van der Waals surface area (Å²) in [7, 11) is -9.92. The normalized spacial score (nSPS) is 14.1. The molecule has 1 aromatic heterocycles. The van der Waals surface area contributed by atoms with E-state index in [1.165, 1.54) is 13.8 Å². The van der Waals surface area contributed by atoms with Gasteiger partial charge in [0.15, 0.2) is 16.7 Å². The summed E-state index contributed by atoms with van der Waals surface area (Å²) < 4.78 is 66.3. The number of rotatable bonds is 4. The number of hydroxylamine groups is 1. The minimum Gasteiger partial charge on any atom is -0.624 e. The molecule has 108 valence electrons. The molecule has 1 aromatic rings. The second-order valence-electron chi connectivity index (χ2n) is 3.83. The lowest BCUT2D eigenvalue weighted by Crippen LogP contribution is -2.14. The molecular formula is C8H11NO8S2. The monoisotopic (exact) mass is 313 g/mol. The molecule has 0 atom stereocenters. The standard InChI is InChI=1S/C8H11NO8S2/c1-5(2)9(10)4-6-3-7(18(11,12)13)8(17-6)19(14,15)16/h3-5H,1-2H3,(H,11,12,13)(H,14,15,16). The molecule has 2 N–H and O–H groups in total. The van der Waals surface area contributed by atoms with Crippen LogP contribution in [0.15, 0.2) is 20.5 Å². The largest absolute Gasteiger partial charge is 0.624 e. The molecule has 0 fully saturated rings. The molecule has 0 aliphatic heterocycles. The van der Waals surface area contributed by atoms with E-state index in [0.717, 1.165) is 6.21 Å². The Balaban J connectivity index is 3.52. The van der Waals surface area contributed by atoms with Crippen LogP contribution in [0.25, 0.3) is 0 Å². The predicted octanol–water partition coefficient (Wildman–Crippen LogP) is 0.111. The molecule has 1 rings (SSSR count). The van der Waals surface area contributed by atoms with E-state index >= 15 is 0 Å². The van der Waals surface area contributed by atoms with Crippen LogP contribution < -0.4 is 0 Å². The molecule has 11 heteroatoms. The Bertz CT molecular complexity index is 660. The van der Waals surface area contributed by atoms with Gasteiger partial charge in [-0.1, -0.05) is 0 Å². The average Bonchev–Trinajstić information content (AvgIpc) is 2.60. The summed E-state index contributed by atoms with van der Waals surface area (Å²) in [4.78, 5) is -1.14. The Morgan fingerprint density at radius 1 is 1.26 bits per heavy atom. The molecule has 0 bridgehead atoms. The lowest BCUT2D eigenvalue weighted by atomic mass is 10.4. The van der Waals surface area contributed by atoms with Crippen LogP contribution in [0.5, 0.6) is 0 Å². The smallest absolute Gasteiger partial charge is 0.329 e. The van der Waals surface area contributed by atoms with Crippen LogP contribution in [0.4, 0.5) is 0 Å². The van der Waals surface area contributed by atoms with Gasteiger partial charge >= 0.3 is 10.1 Å². The van der Waals surface area contributed by atoms with Crippen molar-refractivity contribution in [2.24, 2.45) is 0 Å². The predicted molar refractivity (Wildman–Crippen MR) is 62.3 cm³/mol. The molecule has 0 saturated heterocycles. The minimum atomic E-state index is -5.00. The Kier molecular flexibility index (Phi) is 4.05. The molecule has 1 heterocycles. The zero-order chi connectivity index (χ0) is 15.0. The molecular weight excluding hydrogens is 302 g/mol. The minimum absolute atomic E-state index is 0.375. The number of nitrogens with zero attached hydrogens (tertiary/aromatic N) is 1. The highest BCUT2D eigenvalue weighted by Crippen LogP contribution is 2.24. The summed E-state index contributed by atoms with van der Waals surface area (Å²) in [5, 5.41) is 9.96. The Morgan fingerprint density at radius 2 is 1.79 bits per heavy atom. The van der Waals surface area contributed by atoms with Gasteiger partial charge in [0, 0.05) is 6.07 Å². The average molecular weight is 313 g/mol. The van der Waals surface area contributed by atoms with Crippen molar-refractivity contribution in [2.45, 2.75) is 29.9 Å². The molecule has 0 amide bonds. The van der Waals surface area contributed by atoms with E-state index in [1.807, 2.05) is 0 Å². The third kappa shape index (κ3) is 3.76. The zero-order valence-corrected chi connectivity index (χ0v) is 11.5. The van der Waals surface area contributed by atoms with Gasteiger partial charge in [-0.3, -0.25) is 9.11 Å². The van der Waals surface area contributed by atoms with Crippen LogP contribution in [0.1, 0.15) is 19.6 Å². The first-order valence-corrected chi connectivity index (χ1v) is 7.70. The maximum atomic E-state index is 11.3. The summed E-state index contributed by atoms with van der Waals surface area (Å²) in [6.45, 7) is 3.06. The number of furan rings is 1. The molecule has 19 heavy (non-hydrogen) atoms. The highest BCUT2D eigenvalue weighted by molar-refractivity contribution is 7.88. The first-order chi connectivity index (χ1) is 8.43. The van der Waals surface area contributed by atoms with E-state index in [0.29, 0.717) is 10.8 Å². The van der Waals surface area contributed by atoms with Gasteiger partial charge in [-0.05, 0) is 13.8 Å². The fraction of sp³-hybridized carbons (Fsp3) is 0.375. The van der Waals surface area contributed by atoms with Gasteiger partial charge in [-0.25, -0.2) is 4.74 Å². The summed E-state index contributed by atoms with van der Waals surface area (Å²) in [6, 6.07) is 0.111. The van der Waals surface area contributed by atoms with Crippen molar-refractivity contribution in [1.29, 1.82) is 0 Å². The van der Waals surface area contributed by atoms with E-state index in [-0.39, 0.29) is 0 Å². The third-order valence-electron chi connectivity index (χ3n) is 1.96. The van der Waals surface area contributed by atoms with Crippen LogP contribution >= 0.6 is 0 Å². The van der Waals surface area contributed by atoms with E-state index in [4.69, 9.17) is 9.11 Å². The fourth-order valence-electron chi connectivity index (χ4n) is 1.07. The van der Waals surface area contributed by atoms with Crippen molar-refractivity contribution >= 4 is 26.5 Å². The van der Waals surface area contributed by atoms with Crippen molar-refractivity contribution in [3.05, 3.63) is 17.0 Å². The van der Waals surface area contributed by atoms with Gasteiger partial charge < -0.3 is 9.62 Å². The van der Waals surface area contributed by atoms with Gasteiger partial charge in [0.05, 0.1) is 0 Å². The van der Waals surface area contributed by atoms with Crippen molar-refractivity contribution in [2.75, 3.05) is 0 Å². The highest BCUT2D eigenvalue weighted by atomic mass is 32.2. The van der Waals surface area contributed by atoms with Gasteiger partial charge in [-0.2, -0.15) is 16.8 Å². The number of hydrogen-bond donors (Lipinski definition) is 2. The first kappa shape index (κ1) is 15.6. The summed E-state index contributed by atoms with van der Waals surface area (Å²) in [5.74, 6) is -0.441. The third-order valence-corrected chi connectivity index (χ3v) is 3.72. The molecule has 0 saturated carbocycles. The topological polar surface area (TPSA) is 148 Å². The fourth-order valence-corrected chi connectivity index (χ4v) is 2.74. The molecule has 0 aliphatic rings. The van der Waals surface area contributed by atoms with Crippen LogP contribution in [0.2, 0.25) is 0 Å². The van der Waals surface area contributed by atoms with E-state index < -0.39 is 42.0 Å². The van der Waals surface area contributed by atoms with Crippen molar-refractivity contribution in [3.8, 4) is 0 Å². The lowest BCUT2D eigenvalue weighted by molar-refractivity contribution is -0.487. The molecule has 0 unspecified atom stereocenters. The van der Waals surface area contributed by atoms with Crippen molar-refractivity contribution in [1.82, 2.24) is 0 Å². The molecule has 9 nitrogen and oxygen atoms in total. The molecule has 0 aliphatic carbocycles. The van der Waals surface area contributed by atoms with Crippen molar-refractivity contribution < 1.29 is 35.1 Å². The Labute approximate surface area is 109 Å². The van der Waals surface area contributed by atoms with Gasteiger partial charge in [-0.15, -0.1) is 0 Å². The van der Waals surface area contributed by atoms with E-state index in [1.54, 1.807) is 0 Å². The van der Waals surface area contributed by atoms with Gasteiger partial charge in [0.1, 0.15) is 0 Å². The highest BCUT2D eigenvalue weighted by Gasteiger charge is 2.30. The Morgan fingerprint density at radius 3 is 2.11 bits per heavy atom. The molecule has 0 aromatic carbocycles. The van der Waals surface area contributed by atoms with E-state index in [9.17, 15) is 22.0 Å². The maximum absolute atomic E-state index is 11.3. The van der Waals surface area contributed by atoms with Crippen LogP contribution in [-0.4, -0.2) is 42.9 Å².